The third kappa shape index (κ3) is 4.34. The van der Waals surface area contributed by atoms with Gasteiger partial charge in [-0.05, 0) is 35.7 Å². The Balaban J connectivity index is 1.59. The zero-order valence-electron chi connectivity index (χ0n) is 16.8. The van der Waals surface area contributed by atoms with E-state index in [1.54, 1.807) is 0 Å². The highest BCUT2D eigenvalue weighted by molar-refractivity contribution is 7.89. The molecule has 1 saturated heterocycles. The van der Waals surface area contributed by atoms with Crippen molar-refractivity contribution in [2.75, 3.05) is 51.3 Å². The number of benzene rings is 2. The minimum absolute atomic E-state index is 0.0772. The third-order valence-electron chi connectivity index (χ3n) is 5.75. The first-order valence-electron chi connectivity index (χ1n) is 9.95. The first kappa shape index (κ1) is 21.2. The fraction of sp³-hybridized carbons (Fsp3) is 0.429. The van der Waals surface area contributed by atoms with Crippen LogP contribution in [0, 0.1) is 11.6 Å². The second kappa shape index (κ2) is 8.58. The quantitative estimate of drug-likeness (QED) is 0.752. The van der Waals surface area contributed by atoms with Gasteiger partial charge in [0.1, 0.15) is 16.5 Å². The van der Waals surface area contributed by atoms with E-state index in [0.717, 1.165) is 30.7 Å². The van der Waals surface area contributed by atoms with E-state index in [0.29, 0.717) is 32.4 Å². The lowest BCUT2D eigenvalue weighted by atomic mass is 10.0. The normalized spacial score (nSPS) is 18.4. The van der Waals surface area contributed by atoms with Crippen molar-refractivity contribution in [2.24, 2.45) is 0 Å². The highest BCUT2D eigenvalue weighted by Crippen LogP contribution is 2.31. The minimum atomic E-state index is -4.13. The fourth-order valence-corrected chi connectivity index (χ4v) is 5.20. The van der Waals surface area contributed by atoms with Crippen molar-refractivity contribution >= 4 is 15.7 Å². The molecule has 0 saturated carbocycles. The molecule has 2 aromatic carbocycles. The van der Waals surface area contributed by atoms with E-state index in [2.05, 4.69) is 33.7 Å². The van der Waals surface area contributed by atoms with Gasteiger partial charge in [0.15, 0.2) is 0 Å². The molecule has 2 aliphatic rings. The van der Waals surface area contributed by atoms with Crippen LogP contribution in [0.1, 0.15) is 17.2 Å². The van der Waals surface area contributed by atoms with Crippen molar-refractivity contribution in [1.29, 1.82) is 0 Å². The first-order chi connectivity index (χ1) is 14.3. The van der Waals surface area contributed by atoms with Crippen LogP contribution >= 0.6 is 0 Å². The Morgan fingerprint density at radius 3 is 2.60 bits per heavy atom. The molecule has 162 valence electrons. The maximum Gasteiger partial charge on any atom is 0.243 e. The molecule has 0 aliphatic carbocycles. The number of anilines is 1. The van der Waals surface area contributed by atoms with Crippen molar-refractivity contribution in [3.05, 3.63) is 59.2 Å². The minimum Gasteiger partial charge on any atom is -0.379 e. The molecule has 1 fully saturated rings. The van der Waals surface area contributed by atoms with Gasteiger partial charge in [0, 0.05) is 51.0 Å². The van der Waals surface area contributed by atoms with E-state index in [-0.39, 0.29) is 12.6 Å². The van der Waals surface area contributed by atoms with E-state index in [1.165, 1.54) is 11.3 Å². The largest absolute Gasteiger partial charge is 0.379 e. The SMILES string of the molecule is CN1CCc2cc([C@H](CNS(=O)(=O)c3ccc(F)cc3F)N3CCOCC3)ccc21. The standard InChI is InChI=1S/C21H25F2N3O3S/c1-25-7-6-16-12-15(2-4-19(16)25)20(26-8-10-29-11-9-26)14-24-30(27,28)21-5-3-17(22)13-18(21)23/h2-5,12-13,20,24H,6-11,14H2,1H3/t20-/m0/s1. The molecule has 2 aromatic rings. The van der Waals surface area contributed by atoms with E-state index in [4.69, 9.17) is 4.74 Å². The molecule has 0 bridgehead atoms. The van der Waals surface area contributed by atoms with Gasteiger partial charge < -0.3 is 9.64 Å². The molecule has 0 aromatic heterocycles. The van der Waals surface area contributed by atoms with Gasteiger partial charge in [-0.2, -0.15) is 0 Å². The fourth-order valence-electron chi connectivity index (χ4n) is 4.10. The molecular weight excluding hydrogens is 412 g/mol. The van der Waals surface area contributed by atoms with Crippen LogP contribution < -0.4 is 9.62 Å². The van der Waals surface area contributed by atoms with E-state index in [1.807, 2.05) is 6.07 Å². The molecule has 0 unspecified atom stereocenters. The van der Waals surface area contributed by atoms with Crippen molar-refractivity contribution in [1.82, 2.24) is 9.62 Å². The lowest BCUT2D eigenvalue weighted by Crippen LogP contribution is -2.43. The molecule has 0 spiro atoms. The van der Waals surface area contributed by atoms with Crippen LogP contribution in [0.15, 0.2) is 41.3 Å². The van der Waals surface area contributed by atoms with E-state index < -0.39 is 26.6 Å². The third-order valence-corrected chi connectivity index (χ3v) is 7.21. The monoisotopic (exact) mass is 437 g/mol. The summed E-state index contributed by atoms with van der Waals surface area (Å²) < 4.78 is 60.6. The smallest absolute Gasteiger partial charge is 0.243 e. The van der Waals surface area contributed by atoms with Crippen molar-refractivity contribution in [2.45, 2.75) is 17.4 Å². The lowest BCUT2D eigenvalue weighted by Gasteiger charge is -2.35. The lowest BCUT2D eigenvalue weighted by molar-refractivity contribution is 0.0172. The molecule has 2 aliphatic heterocycles. The number of morpholine rings is 1. The summed E-state index contributed by atoms with van der Waals surface area (Å²) in [5, 5.41) is 0. The highest BCUT2D eigenvalue weighted by Gasteiger charge is 2.28. The molecule has 2 heterocycles. The van der Waals surface area contributed by atoms with Gasteiger partial charge in [0.05, 0.1) is 13.2 Å². The summed E-state index contributed by atoms with van der Waals surface area (Å²) in [7, 11) is -2.08. The van der Waals surface area contributed by atoms with Crippen LogP contribution in [0.25, 0.3) is 0 Å². The van der Waals surface area contributed by atoms with Gasteiger partial charge in [-0.15, -0.1) is 0 Å². The number of hydrogen-bond acceptors (Lipinski definition) is 5. The Hall–Kier alpha value is -2.07. The summed E-state index contributed by atoms with van der Waals surface area (Å²) in [6.07, 6.45) is 0.946. The predicted molar refractivity (Wildman–Crippen MR) is 110 cm³/mol. The Morgan fingerprint density at radius 1 is 1.10 bits per heavy atom. The van der Waals surface area contributed by atoms with Crippen LogP contribution in [0.4, 0.5) is 14.5 Å². The van der Waals surface area contributed by atoms with Crippen molar-refractivity contribution in [3.63, 3.8) is 0 Å². The van der Waals surface area contributed by atoms with Crippen LogP contribution in [-0.2, 0) is 21.2 Å². The summed E-state index contributed by atoms with van der Waals surface area (Å²) in [6.45, 7) is 3.53. The van der Waals surface area contributed by atoms with E-state index in [9.17, 15) is 17.2 Å². The summed E-state index contributed by atoms with van der Waals surface area (Å²) in [5.41, 5.74) is 3.43. The second-order valence-electron chi connectivity index (χ2n) is 7.65. The van der Waals surface area contributed by atoms with Crippen molar-refractivity contribution < 1.29 is 21.9 Å². The number of sulfonamides is 1. The predicted octanol–water partition coefficient (Wildman–Crippen LogP) is 2.31. The van der Waals surface area contributed by atoms with Gasteiger partial charge >= 0.3 is 0 Å². The number of halogens is 2. The van der Waals surface area contributed by atoms with Gasteiger partial charge in [-0.25, -0.2) is 21.9 Å². The van der Waals surface area contributed by atoms with Crippen LogP contribution in [-0.4, -0.2) is 59.8 Å². The van der Waals surface area contributed by atoms with Gasteiger partial charge in [-0.1, -0.05) is 12.1 Å². The Bertz CT molecular complexity index is 1030. The van der Waals surface area contributed by atoms with Crippen LogP contribution in [0.3, 0.4) is 0 Å². The van der Waals surface area contributed by atoms with Crippen molar-refractivity contribution in [3.8, 4) is 0 Å². The Kier molecular flexibility index (Phi) is 6.06. The number of ether oxygens (including phenoxy) is 1. The first-order valence-corrected chi connectivity index (χ1v) is 11.4. The molecule has 0 amide bonds. The van der Waals surface area contributed by atoms with Gasteiger partial charge in [0.2, 0.25) is 10.0 Å². The maximum atomic E-state index is 14.0. The number of nitrogens with zero attached hydrogens (tertiary/aromatic N) is 2. The summed E-state index contributed by atoms with van der Waals surface area (Å²) >= 11 is 0. The zero-order chi connectivity index (χ0) is 21.3. The second-order valence-corrected chi connectivity index (χ2v) is 9.39. The highest BCUT2D eigenvalue weighted by atomic mass is 32.2. The number of likely N-dealkylation sites (N-methyl/N-ethyl adjacent to an activating group) is 1. The average Bonchev–Trinajstić information content (AvgIpc) is 3.09. The van der Waals surface area contributed by atoms with Gasteiger partial charge in [-0.3, -0.25) is 4.90 Å². The number of rotatable bonds is 6. The van der Waals surface area contributed by atoms with Crippen LogP contribution in [0.2, 0.25) is 0 Å². The Labute approximate surface area is 175 Å². The molecule has 6 nitrogen and oxygen atoms in total. The van der Waals surface area contributed by atoms with Crippen LogP contribution in [0.5, 0.6) is 0 Å². The maximum absolute atomic E-state index is 14.0. The molecule has 9 heteroatoms. The average molecular weight is 438 g/mol. The number of fused-ring (bicyclic) bond motifs is 1. The zero-order valence-corrected chi connectivity index (χ0v) is 17.6. The topological polar surface area (TPSA) is 61.9 Å². The molecule has 4 rings (SSSR count). The molecule has 1 N–H and O–H groups in total. The summed E-state index contributed by atoms with van der Waals surface area (Å²) in [5.74, 6) is -1.92. The summed E-state index contributed by atoms with van der Waals surface area (Å²) in [4.78, 5) is 3.82. The van der Waals surface area contributed by atoms with E-state index >= 15 is 0 Å². The van der Waals surface area contributed by atoms with Gasteiger partial charge in [0.25, 0.3) is 0 Å². The number of nitrogens with one attached hydrogen (secondary N) is 1. The molecule has 1 atom stereocenters. The number of hydrogen-bond donors (Lipinski definition) is 1. The summed E-state index contributed by atoms with van der Waals surface area (Å²) in [6, 6.07) is 8.46. The molecule has 0 radical (unpaired) electrons. The molecule has 30 heavy (non-hydrogen) atoms. The Morgan fingerprint density at radius 2 is 1.87 bits per heavy atom. The molecular formula is C21H25F2N3O3S.